The molecule has 0 saturated carbocycles. The number of rotatable bonds is 7. The first-order valence-corrected chi connectivity index (χ1v) is 8.19. The number of carbonyl (C=O) groups excluding carboxylic acids is 1. The van der Waals surface area contributed by atoms with E-state index in [1.165, 1.54) is 5.56 Å². The lowest BCUT2D eigenvalue weighted by Crippen LogP contribution is -2.20. The predicted molar refractivity (Wildman–Crippen MR) is 98.9 cm³/mol. The monoisotopic (exact) mass is 343 g/mol. The van der Waals surface area contributed by atoms with Gasteiger partial charge in [-0.2, -0.15) is 0 Å². The highest BCUT2D eigenvalue weighted by Crippen LogP contribution is 2.29. The highest BCUT2D eigenvalue weighted by molar-refractivity contribution is 5.93. The van der Waals surface area contributed by atoms with E-state index in [4.69, 9.17) is 14.2 Å². The van der Waals surface area contributed by atoms with Gasteiger partial charge in [0.2, 0.25) is 0 Å². The summed E-state index contributed by atoms with van der Waals surface area (Å²) < 4.78 is 16.1. The van der Waals surface area contributed by atoms with E-state index in [1.54, 1.807) is 32.4 Å². The van der Waals surface area contributed by atoms with Crippen molar-refractivity contribution >= 4 is 11.6 Å². The fourth-order valence-electron chi connectivity index (χ4n) is 2.36. The summed E-state index contributed by atoms with van der Waals surface area (Å²) in [7, 11) is 3.12. The second-order valence-corrected chi connectivity index (χ2v) is 6.08. The summed E-state index contributed by atoms with van der Waals surface area (Å²) in [4.78, 5) is 12.2. The molecule has 1 N–H and O–H groups in total. The average Bonchev–Trinajstić information content (AvgIpc) is 2.61. The Labute approximate surface area is 148 Å². The van der Waals surface area contributed by atoms with E-state index < -0.39 is 0 Å². The van der Waals surface area contributed by atoms with Gasteiger partial charge in [-0.3, -0.25) is 4.79 Å². The second kappa shape index (κ2) is 8.42. The molecular weight excluding hydrogens is 318 g/mol. The van der Waals surface area contributed by atoms with E-state index in [2.05, 4.69) is 25.2 Å². The Kier molecular flexibility index (Phi) is 6.28. The fraction of sp³-hybridized carbons (Fsp3) is 0.350. The minimum atomic E-state index is -0.252. The summed E-state index contributed by atoms with van der Waals surface area (Å²) in [5, 5.41) is 2.80. The Morgan fingerprint density at radius 2 is 1.80 bits per heavy atom. The molecule has 0 heterocycles. The molecule has 0 saturated heterocycles. The molecule has 2 rings (SSSR count). The number of benzene rings is 2. The van der Waals surface area contributed by atoms with Crippen LogP contribution < -0.4 is 19.5 Å². The third kappa shape index (κ3) is 4.89. The fourth-order valence-corrected chi connectivity index (χ4v) is 2.36. The van der Waals surface area contributed by atoms with Crippen LogP contribution in [0.15, 0.2) is 36.4 Å². The van der Waals surface area contributed by atoms with Gasteiger partial charge in [0.05, 0.1) is 19.9 Å². The molecule has 0 aliphatic heterocycles. The summed E-state index contributed by atoms with van der Waals surface area (Å²) in [6, 6.07) is 11.3. The maximum Gasteiger partial charge on any atom is 0.262 e. The lowest BCUT2D eigenvalue weighted by atomic mass is 10.0. The van der Waals surface area contributed by atoms with Gasteiger partial charge in [-0.05, 0) is 42.2 Å². The molecule has 1 amide bonds. The van der Waals surface area contributed by atoms with Crippen molar-refractivity contribution in [2.45, 2.75) is 26.7 Å². The Bertz CT molecular complexity index is 740. The lowest BCUT2D eigenvalue weighted by Gasteiger charge is -2.14. The summed E-state index contributed by atoms with van der Waals surface area (Å²) >= 11 is 0. The van der Waals surface area contributed by atoms with Gasteiger partial charge in [0, 0.05) is 6.07 Å². The molecule has 0 unspecified atom stereocenters. The molecule has 5 nitrogen and oxygen atoms in total. The number of carbonyl (C=O) groups is 1. The van der Waals surface area contributed by atoms with Crippen molar-refractivity contribution < 1.29 is 19.0 Å². The van der Waals surface area contributed by atoms with Crippen molar-refractivity contribution in [1.82, 2.24) is 0 Å². The zero-order chi connectivity index (χ0) is 18.4. The smallest absolute Gasteiger partial charge is 0.262 e. The van der Waals surface area contributed by atoms with Gasteiger partial charge in [0.15, 0.2) is 6.61 Å². The summed E-state index contributed by atoms with van der Waals surface area (Å²) in [5.74, 6) is 2.07. The van der Waals surface area contributed by atoms with Crippen LogP contribution in [0.25, 0.3) is 0 Å². The summed E-state index contributed by atoms with van der Waals surface area (Å²) in [6.45, 7) is 6.13. The number of anilines is 1. The van der Waals surface area contributed by atoms with E-state index in [9.17, 15) is 4.79 Å². The SMILES string of the molecule is COc1ccc(NC(=O)COc2cc(C(C)C)ccc2C)c(OC)c1. The van der Waals surface area contributed by atoms with Crippen LogP contribution in [0.4, 0.5) is 5.69 Å². The van der Waals surface area contributed by atoms with E-state index in [-0.39, 0.29) is 12.5 Å². The summed E-state index contributed by atoms with van der Waals surface area (Å²) in [6.07, 6.45) is 0. The van der Waals surface area contributed by atoms with E-state index in [1.807, 2.05) is 19.1 Å². The molecule has 2 aromatic rings. The van der Waals surface area contributed by atoms with Gasteiger partial charge < -0.3 is 19.5 Å². The number of amides is 1. The Morgan fingerprint density at radius 1 is 1.04 bits per heavy atom. The minimum Gasteiger partial charge on any atom is -0.497 e. The van der Waals surface area contributed by atoms with Crippen molar-refractivity contribution in [3.8, 4) is 17.2 Å². The zero-order valence-electron chi connectivity index (χ0n) is 15.4. The molecule has 5 heteroatoms. The molecule has 25 heavy (non-hydrogen) atoms. The lowest BCUT2D eigenvalue weighted by molar-refractivity contribution is -0.118. The van der Waals surface area contributed by atoms with Crippen LogP contribution >= 0.6 is 0 Å². The molecule has 0 bridgehead atoms. The normalized spacial score (nSPS) is 10.5. The van der Waals surface area contributed by atoms with Gasteiger partial charge in [0.25, 0.3) is 5.91 Å². The molecule has 0 aromatic heterocycles. The van der Waals surface area contributed by atoms with Crippen LogP contribution in [0.2, 0.25) is 0 Å². The molecular formula is C20H25NO4. The third-order valence-corrected chi connectivity index (χ3v) is 3.92. The van der Waals surface area contributed by atoms with Gasteiger partial charge in [-0.1, -0.05) is 26.0 Å². The van der Waals surface area contributed by atoms with Gasteiger partial charge in [0.1, 0.15) is 17.2 Å². The van der Waals surface area contributed by atoms with Crippen molar-refractivity contribution in [3.63, 3.8) is 0 Å². The zero-order valence-corrected chi connectivity index (χ0v) is 15.4. The van der Waals surface area contributed by atoms with Crippen molar-refractivity contribution in [1.29, 1.82) is 0 Å². The van der Waals surface area contributed by atoms with Gasteiger partial charge in [-0.15, -0.1) is 0 Å². The topological polar surface area (TPSA) is 56.8 Å². The Hall–Kier alpha value is -2.69. The molecule has 0 fully saturated rings. The van der Waals surface area contributed by atoms with Crippen LogP contribution in [0, 0.1) is 6.92 Å². The van der Waals surface area contributed by atoms with Crippen LogP contribution in [-0.2, 0) is 4.79 Å². The van der Waals surface area contributed by atoms with Crippen molar-refractivity contribution in [2.75, 3.05) is 26.1 Å². The van der Waals surface area contributed by atoms with E-state index in [0.29, 0.717) is 23.1 Å². The first kappa shape index (κ1) is 18.6. The second-order valence-electron chi connectivity index (χ2n) is 6.08. The van der Waals surface area contributed by atoms with E-state index in [0.717, 1.165) is 11.3 Å². The molecule has 0 aliphatic rings. The largest absolute Gasteiger partial charge is 0.497 e. The number of ether oxygens (including phenoxy) is 3. The quantitative estimate of drug-likeness (QED) is 0.820. The van der Waals surface area contributed by atoms with Crippen LogP contribution in [0.1, 0.15) is 30.9 Å². The summed E-state index contributed by atoms with van der Waals surface area (Å²) in [5.41, 5.74) is 2.75. The number of aryl methyl sites for hydroxylation is 1. The van der Waals surface area contributed by atoms with Gasteiger partial charge >= 0.3 is 0 Å². The Balaban J connectivity index is 2.03. The molecule has 0 aliphatic carbocycles. The van der Waals surface area contributed by atoms with Crippen molar-refractivity contribution in [3.05, 3.63) is 47.5 Å². The van der Waals surface area contributed by atoms with Crippen LogP contribution in [-0.4, -0.2) is 26.7 Å². The highest BCUT2D eigenvalue weighted by atomic mass is 16.5. The third-order valence-electron chi connectivity index (χ3n) is 3.92. The minimum absolute atomic E-state index is 0.0719. The van der Waals surface area contributed by atoms with Crippen LogP contribution in [0.3, 0.4) is 0 Å². The molecule has 0 spiro atoms. The number of hydrogen-bond donors (Lipinski definition) is 1. The molecule has 0 atom stereocenters. The Morgan fingerprint density at radius 3 is 2.44 bits per heavy atom. The number of methoxy groups -OCH3 is 2. The molecule has 134 valence electrons. The number of nitrogens with one attached hydrogen (secondary N) is 1. The van der Waals surface area contributed by atoms with Crippen molar-refractivity contribution in [2.24, 2.45) is 0 Å². The average molecular weight is 343 g/mol. The standard InChI is InChI=1S/C20H25NO4/c1-13(2)15-7-6-14(3)18(10-15)25-12-20(22)21-17-9-8-16(23-4)11-19(17)24-5/h6-11,13H,12H2,1-5H3,(H,21,22). The van der Waals surface area contributed by atoms with Crippen LogP contribution in [0.5, 0.6) is 17.2 Å². The maximum atomic E-state index is 12.2. The first-order chi connectivity index (χ1) is 11.9. The molecule has 0 radical (unpaired) electrons. The highest BCUT2D eigenvalue weighted by Gasteiger charge is 2.11. The maximum absolute atomic E-state index is 12.2. The first-order valence-electron chi connectivity index (χ1n) is 8.19. The van der Waals surface area contributed by atoms with E-state index >= 15 is 0 Å². The predicted octanol–water partition coefficient (Wildman–Crippen LogP) is 4.15. The van der Waals surface area contributed by atoms with Gasteiger partial charge in [-0.25, -0.2) is 0 Å². The number of hydrogen-bond acceptors (Lipinski definition) is 4. The molecule has 2 aromatic carbocycles.